The van der Waals surface area contributed by atoms with Gasteiger partial charge in [-0.2, -0.15) is 5.10 Å². The number of nitrogens with one attached hydrogen (secondary N) is 1. The normalized spacial score (nSPS) is 17.8. The first-order valence-electron chi connectivity index (χ1n) is 8.84. The summed E-state index contributed by atoms with van der Waals surface area (Å²) in [5, 5.41) is 12.1. The van der Waals surface area contributed by atoms with E-state index in [1.54, 1.807) is 7.11 Å². The van der Waals surface area contributed by atoms with Gasteiger partial charge in [-0.05, 0) is 38.0 Å². The molecule has 0 aliphatic carbocycles. The summed E-state index contributed by atoms with van der Waals surface area (Å²) in [5.74, 6) is 1.88. The summed E-state index contributed by atoms with van der Waals surface area (Å²) in [6.45, 7) is 4.83. The Labute approximate surface area is 149 Å². The van der Waals surface area contributed by atoms with Crippen LogP contribution in [0.5, 0.6) is 5.75 Å². The molecular weight excluding hydrogens is 312 g/mol. The molecule has 1 atom stereocenters. The van der Waals surface area contributed by atoms with Gasteiger partial charge in [0.2, 0.25) is 0 Å². The van der Waals surface area contributed by atoms with Crippen molar-refractivity contribution in [3.63, 3.8) is 0 Å². The fourth-order valence-electron chi connectivity index (χ4n) is 3.14. The molecule has 5 nitrogen and oxygen atoms in total. The van der Waals surface area contributed by atoms with Crippen LogP contribution in [0.15, 0.2) is 42.5 Å². The summed E-state index contributed by atoms with van der Waals surface area (Å²) in [7, 11) is 1.70. The molecule has 1 aliphatic heterocycles. The maximum Gasteiger partial charge on any atom is 0.151 e. The van der Waals surface area contributed by atoms with Crippen molar-refractivity contribution in [3.8, 4) is 5.75 Å². The zero-order valence-electron chi connectivity index (χ0n) is 15.0. The Hall–Kier alpha value is -2.40. The lowest BCUT2D eigenvalue weighted by atomic mass is 10.1. The number of hydrogen-bond acceptors (Lipinski definition) is 5. The molecule has 132 valence electrons. The zero-order valence-corrected chi connectivity index (χ0v) is 15.0. The predicted octanol–water partition coefficient (Wildman–Crippen LogP) is 3.07. The lowest BCUT2D eigenvalue weighted by Crippen LogP contribution is -2.46. The Morgan fingerprint density at radius 3 is 2.92 bits per heavy atom. The Bertz CT molecular complexity index is 699. The van der Waals surface area contributed by atoms with E-state index in [1.165, 1.54) is 12.8 Å². The van der Waals surface area contributed by atoms with Gasteiger partial charge in [-0.15, -0.1) is 5.10 Å². The summed E-state index contributed by atoms with van der Waals surface area (Å²) < 4.78 is 5.37. The number of benzene rings is 1. The Balaban J connectivity index is 1.51. The molecule has 1 aromatic carbocycles. The maximum atomic E-state index is 5.37. The van der Waals surface area contributed by atoms with Crippen LogP contribution in [-0.4, -0.2) is 43.0 Å². The number of hydrogen-bond donors (Lipinski definition) is 1. The SMILES string of the molecule is COc1ccccc1/C=C/CNC1CCCN(c2ccc(C)nn2)C1. The number of aromatic nitrogens is 2. The molecule has 3 rings (SSSR count). The van der Waals surface area contributed by atoms with E-state index in [4.69, 9.17) is 4.74 Å². The van der Waals surface area contributed by atoms with Crippen LogP contribution in [0.25, 0.3) is 6.08 Å². The highest BCUT2D eigenvalue weighted by molar-refractivity contribution is 5.57. The largest absolute Gasteiger partial charge is 0.496 e. The first kappa shape index (κ1) is 17.4. The van der Waals surface area contributed by atoms with E-state index in [-0.39, 0.29) is 0 Å². The third-order valence-electron chi connectivity index (χ3n) is 4.49. The molecule has 1 saturated heterocycles. The van der Waals surface area contributed by atoms with Gasteiger partial charge in [-0.25, -0.2) is 0 Å². The summed E-state index contributed by atoms with van der Waals surface area (Å²) in [5.41, 5.74) is 2.06. The highest BCUT2D eigenvalue weighted by Crippen LogP contribution is 2.19. The monoisotopic (exact) mass is 338 g/mol. The number of piperidine rings is 1. The Kier molecular flexibility index (Phi) is 6.01. The van der Waals surface area contributed by atoms with Crippen molar-refractivity contribution >= 4 is 11.9 Å². The molecule has 0 spiro atoms. The summed E-state index contributed by atoms with van der Waals surface area (Å²) >= 11 is 0. The van der Waals surface area contributed by atoms with E-state index >= 15 is 0 Å². The molecule has 5 heteroatoms. The van der Waals surface area contributed by atoms with Crippen LogP contribution in [0.4, 0.5) is 5.82 Å². The minimum atomic E-state index is 0.471. The van der Waals surface area contributed by atoms with Gasteiger partial charge in [0, 0.05) is 31.2 Å². The maximum absolute atomic E-state index is 5.37. The van der Waals surface area contributed by atoms with E-state index in [1.807, 2.05) is 31.2 Å². The quantitative estimate of drug-likeness (QED) is 0.877. The average molecular weight is 338 g/mol. The second-order valence-electron chi connectivity index (χ2n) is 6.37. The van der Waals surface area contributed by atoms with Gasteiger partial charge in [0.25, 0.3) is 0 Å². The van der Waals surface area contributed by atoms with E-state index in [9.17, 15) is 0 Å². The molecule has 1 fully saturated rings. The molecule has 1 unspecified atom stereocenters. The van der Waals surface area contributed by atoms with Crippen LogP contribution in [0.2, 0.25) is 0 Å². The molecule has 25 heavy (non-hydrogen) atoms. The van der Waals surface area contributed by atoms with E-state index in [0.29, 0.717) is 6.04 Å². The second kappa shape index (κ2) is 8.62. The van der Waals surface area contributed by atoms with Crippen LogP contribution in [0.1, 0.15) is 24.1 Å². The first-order chi connectivity index (χ1) is 12.3. The predicted molar refractivity (Wildman–Crippen MR) is 102 cm³/mol. The van der Waals surface area contributed by atoms with Gasteiger partial charge in [0.1, 0.15) is 5.75 Å². The Morgan fingerprint density at radius 2 is 2.12 bits per heavy atom. The molecule has 0 amide bonds. The topological polar surface area (TPSA) is 50.3 Å². The third-order valence-corrected chi connectivity index (χ3v) is 4.49. The van der Waals surface area contributed by atoms with Gasteiger partial charge in [-0.3, -0.25) is 0 Å². The number of anilines is 1. The summed E-state index contributed by atoms with van der Waals surface area (Å²) in [4.78, 5) is 2.32. The summed E-state index contributed by atoms with van der Waals surface area (Å²) in [6.07, 6.45) is 6.63. The smallest absolute Gasteiger partial charge is 0.151 e. The van der Waals surface area contributed by atoms with Crippen LogP contribution >= 0.6 is 0 Å². The lowest BCUT2D eigenvalue weighted by molar-refractivity contribution is 0.414. The molecule has 2 aromatic rings. The van der Waals surface area contributed by atoms with Crippen molar-refractivity contribution in [1.29, 1.82) is 0 Å². The number of rotatable bonds is 6. The van der Waals surface area contributed by atoms with Crippen molar-refractivity contribution in [3.05, 3.63) is 53.7 Å². The van der Waals surface area contributed by atoms with Crippen LogP contribution in [0, 0.1) is 6.92 Å². The van der Waals surface area contributed by atoms with Gasteiger partial charge in [0.05, 0.1) is 12.8 Å². The van der Waals surface area contributed by atoms with E-state index in [0.717, 1.165) is 42.5 Å². The highest BCUT2D eigenvalue weighted by Gasteiger charge is 2.20. The fraction of sp³-hybridized carbons (Fsp3) is 0.400. The highest BCUT2D eigenvalue weighted by atomic mass is 16.5. The minimum Gasteiger partial charge on any atom is -0.496 e. The molecule has 0 bridgehead atoms. The molecule has 1 aromatic heterocycles. The van der Waals surface area contributed by atoms with Gasteiger partial charge >= 0.3 is 0 Å². The zero-order chi connectivity index (χ0) is 17.5. The Morgan fingerprint density at radius 1 is 1.24 bits per heavy atom. The third kappa shape index (κ3) is 4.79. The summed E-state index contributed by atoms with van der Waals surface area (Å²) in [6, 6.07) is 12.6. The second-order valence-corrected chi connectivity index (χ2v) is 6.37. The standard InChI is InChI=1S/C20H26N4O/c1-16-11-12-20(23-22-16)24-14-6-9-18(15-24)21-13-5-8-17-7-3-4-10-19(17)25-2/h3-5,7-8,10-12,18,21H,6,9,13-15H2,1-2H3/b8-5+. The van der Waals surface area contributed by atoms with Gasteiger partial charge < -0.3 is 15.0 Å². The van der Waals surface area contributed by atoms with E-state index < -0.39 is 0 Å². The number of methoxy groups -OCH3 is 1. The molecule has 2 heterocycles. The molecular formula is C20H26N4O. The molecule has 1 N–H and O–H groups in total. The number of ether oxygens (including phenoxy) is 1. The van der Waals surface area contributed by atoms with Crippen molar-refractivity contribution in [2.75, 3.05) is 31.6 Å². The van der Waals surface area contributed by atoms with Crippen LogP contribution in [-0.2, 0) is 0 Å². The number of aryl methyl sites for hydroxylation is 1. The first-order valence-corrected chi connectivity index (χ1v) is 8.84. The average Bonchev–Trinajstić information content (AvgIpc) is 2.66. The van der Waals surface area contributed by atoms with Crippen LogP contribution in [0.3, 0.4) is 0 Å². The van der Waals surface area contributed by atoms with E-state index in [2.05, 4.69) is 44.7 Å². The lowest BCUT2D eigenvalue weighted by Gasteiger charge is -2.33. The van der Waals surface area contributed by atoms with Crippen molar-refractivity contribution < 1.29 is 4.74 Å². The fourth-order valence-corrected chi connectivity index (χ4v) is 3.14. The van der Waals surface area contributed by atoms with Crippen molar-refractivity contribution in [1.82, 2.24) is 15.5 Å². The van der Waals surface area contributed by atoms with Crippen molar-refractivity contribution in [2.24, 2.45) is 0 Å². The number of para-hydroxylation sites is 1. The molecule has 0 radical (unpaired) electrons. The van der Waals surface area contributed by atoms with Crippen molar-refractivity contribution in [2.45, 2.75) is 25.8 Å². The number of nitrogens with zero attached hydrogens (tertiary/aromatic N) is 3. The van der Waals surface area contributed by atoms with Crippen LogP contribution < -0.4 is 15.0 Å². The van der Waals surface area contributed by atoms with Gasteiger partial charge in [0.15, 0.2) is 5.82 Å². The minimum absolute atomic E-state index is 0.471. The molecule has 1 aliphatic rings. The molecule has 0 saturated carbocycles. The van der Waals surface area contributed by atoms with Gasteiger partial charge in [-0.1, -0.05) is 30.4 Å².